The molecule has 134 valence electrons. The van der Waals surface area contributed by atoms with Gasteiger partial charge >= 0.3 is 0 Å². The van der Waals surface area contributed by atoms with Crippen LogP contribution in [0, 0.1) is 6.92 Å². The highest BCUT2D eigenvalue weighted by molar-refractivity contribution is 8.00. The van der Waals surface area contributed by atoms with Crippen LogP contribution in [0.5, 0.6) is 5.75 Å². The lowest BCUT2D eigenvalue weighted by Crippen LogP contribution is -2.20. The first-order valence-electron chi connectivity index (χ1n) is 7.90. The van der Waals surface area contributed by atoms with Gasteiger partial charge < -0.3 is 15.9 Å². The van der Waals surface area contributed by atoms with Gasteiger partial charge in [0.1, 0.15) is 17.3 Å². The smallest absolute Gasteiger partial charge is 0.242 e. The normalized spacial score (nSPS) is 11.8. The molecule has 0 bridgehead atoms. The van der Waals surface area contributed by atoms with Crippen LogP contribution in [0.1, 0.15) is 16.4 Å². The van der Waals surface area contributed by atoms with Gasteiger partial charge in [0.2, 0.25) is 11.1 Å². The van der Waals surface area contributed by atoms with E-state index in [9.17, 15) is 4.79 Å². The second-order valence-corrected chi connectivity index (χ2v) is 6.69. The van der Waals surface area contributed by atoms with Crippen molar-refractivity contribution < 1.29 is 9.53 Å². The summed E-state index contributed by atoms with van der Waals surface area (Å²) in [5.74, 6) is 6.20. The van der Waals surface area contributed by atoms with E-state index in [0.717, 1.165) is 11.1 Å². The van der Waals surface area contributed by atoms with Crippen molar-refractivity contribution in [1.82, 2.24) is 14.9 Å². The Kier molecular flexibility index (Phi) is 5.43. The van der Waals surface area contributed by atoms with Crippen LogP contribution in [0.15, 0.2) is 60.0 Å². The fourth-order valence-electron chi connectivity index (χ4n) is 2.44. The largest absolute Gasteiger partial charge is 0.495 e. The second kappa shape index (κ2) is 7.92. The van der Waals surface area contributed by atoms with Crippen molar-refractivity contribution in [1.29, 1.82) is 0 Å². The molecule has 2 aromatic carbocycles. The van der Waals surface area contributed by atoms with Crippen molar-refractivity contribution >= 4 is 23.4 Å². The quantitative estimate of drug-likeness (QED) is 0.512. The molecule has 0 fully saturated rings. The molecule has 0 aliphatic rings. The first-order chi connectivity index (χ1) is 12.6. The van der Waals surface area contributed by atoms with E-state index in [1.54, 1.807) is 7.11 Å². The predicted molar refractivity (Wildman–Crippen MR) is 102 cm³/mol. The van der Waals surface area contributed by atoms with Gasteiger partial charge in [-0.05, 0) is 30.2 Å². The lowest BCUT2D eigenvalue weighted by atomic mass is 10.1. The average Bonchev–Trinajstić information content (AvgIpc) is 3.05. The fourth-order valence-corrected chi connectivity index (χ4v) is 3.37. The molecule has 1 atom stereocenters. The number of nitrogen functional groups attached to an aromatic ring is 1. The number of nitrogens with zero attached hydrogens (tertiary/aromatic N) is 3. The molecule has 0 saturated heterocycles. The summed E-state index contributed by atoms with van der Waals surface area (Å²) in [5, 5.41) is 10.6. The number of carbonyl (C=O) groups is 1. The molecule has 26 heavy (non-hydrogen) atoms. The summed E-state index contributed by atoms with van der Waals surface area (Å²) < 4.78 is 6.64. The Balaban J connectivity index is 1.90. The Morgan fingerprint density at radius 2 is 2.04 bits per heavy atom. The lowest BCUT2D eigenvalue weighted by Gasteiger charge is -2.18. The van der Waals surface area contributed by atoms with E-state index in [0.29, 0.717) is 16.6 Å². The first kappa shape index (κ1) is 17.8. The zero-order valence-corrected chi connectivity index (χ0v) is 15.2. The van der Waals surface area contributed by atoms with Gasteiger partial charge in [-0.25, -0.2) is 4.68 Å². The molecular formula is C18H19N5O2S. The second-order valence-electron chi connectivity index (χ2n) is 5.62. The molecule has 7 nitrogen and oxygen atoms in total. The number of methoxy groups -OCH3 is 1. The topological polar surface area (TPSA) is 95.1 Å². The molecule has 8 heteroatoms. The van der Waals surface area contributed by atoms with Crippen molar-refractivity contribution in [3.63, 3.8) is 0 Å². The molecule has 0 aliphatic heterocycles. The van der Waals surface area contributed by atoms with Gasteiger partial charge in [0, 0.05) is 0 Å². The predicted octanol–water partition coefficient (Wildman–Crippen LogP) is 2.78. The van der Waals surface area contributed by atoms with E-state index in [2.05, 4.69) is 15.5 Å². The highest BCUT2D eigenvalue weighted by Gasteiger charge is 2.25. The first-order valence-corrected chi connectivity index (χ1v) is 8.78. The maximum atomic E-state index is 13.0. The summed E-state index contributed by atoms with van der Waals surface area (Å²) in [6, 6.07) is 15.1. The van der Waals surface area contributed by atoms with Gasteiger partial charge in [-0.2, -0.15) is 0 Å². The van der Waals surface area contributed by atoms with Crippen molar-refractivity contribution in [3.8, 4) is 5.75 Å². The van der Waals surface area contributed by atoms with Crippen LogP contribution in [0.3, 0.4) is 0 Å². The average molecular weight is 369 g/mol. The Morgan fingerprint density at radius 3 is 2.69 bits per heavy atom. The van der Waals surface area contributed by atoms with Crippen molar-refractivity contribution in [2.24, 2.45) is 0 Å². The molecule has 1 amide bonds. The third-order valence-corrected chi connectivity index (χ3v) is 4.94. The van der Waals surface area contributed by atoms with E-state index in [1.165, 1.54) is 22.8 Å². The molecule has 3 N–H and O–H groups in total. The number of nitrogens with two attached hydrogens (primary N) is 1. The van der Waals surface area contributed by atoms with E-state index >= 15 is 0 Å². The number of benzene rings is 2. The molecule has 3 rings (SSSR count). The minimum atomic E-state index is -0.548. The highest BCUT2D eigenvalue weighted by atomic mass is 32.2. The van der Waals surface area contributed by atoms with E-state index in [1.807, 2.05) is 55.5 Å². The fraction of sp³-hybridized carbons (Fsp3) is 0.167. The minimum absolute atomic E-state index is 0.201. The zero-order valence-electron chi connectivity index (χ0n) is 14.4. The molecular weight excluding hydrogens is 350 g/mol. The SMILES string of the molecule is COc1ccc(C)cc1NC(=O)[C@H](Sc1nncn1N)c1ccccc1. The number of ether oxygens (including phenoxy) is 1. The molecule has 1 heterocycles. The summed E-state index contributed by atoms with van der Waals surface area (Å²) in [6.07, 6.45) is 1.39. The third kappa shape index (κ3) is 3.97. The molecule has 0 radical (unpaired) electrons. The van der Waals surface area contributed by atoms with E-state index in [-0.39, 0.29) is 5.91 Å². The molecule has 0 aliphatic carbocycles. The van der Waals surface area contributed by atoms with Gasteiger partial charge in [-0.15, -0.1) is 10.2 Å². The van der Waals surface area contributed by atoms with Crippen molar-refractivity contribution in [2.75, 3.05) is 18.3 Å². The molecule has 1 aromatic heterocycles. The summed E-state index contributed by atoms with van der Waals surface area (Å²) in [4.78, 5) is 13.0. The monoisotopic (exact) mass is 369 g/mol. The third-order valence-electron chi connectivity index (χ3n) is 3.72. The minimum Gasteiger partial charge on any atom is -0.495 e. The molecule has 0 spiro atoms. The van der Waals surface area contributed by atoms with Crippen LogP contribution >= 0.6 is 11.8 Å². The Bertz CT molecular complexity index is 898. The van der Waals surface area contributed by atoms with Crippen LogP contribution < -0.4 is 15.9 Å². The van der Waals surface area contributed by atoms with Crippen molar-refractivity contribution in [2.45, 2.75) is 17.3 Å². The number of hydrogen-bond donors (Lipinski definition) is 2. The number of rotatable bonds is 6. The lowest BCUT2D eigenvalue weighted by molar-refractivity contribution is -0.115. The summed E-state index contributed by atoms with van der Waals surface area (Å²) in [7, 11) is 1.57. The maximum Gasteiger partial charge on any atom is 0.242 e. The van der Waals surface area contributed by atoms with Gasteiger partial charge in [0.15, 0.2) is 0 Å². The van der Waals surface area contributed by atoms with E-state index < -0.39 is 5.25 Å². The van der Waals surface area contributed by atoms with Crippen LogP contribution in [-0.2, 0) is 4.79 Å². The number of aromatic nitrogens is 3. The van der Waals surface area contributed by atoms with Gasteiger partial charge in [-0.1, -0.05) is 48.2 Å². The number of carbonyl (C=O) groups excluding carboxylic acids is 1. The van der Waals surface area contributed by atoms with Crippen LogP contribution in [0.2, 0.25) is 0 Å². The van der Waals surface area contributed by atoms with Gasteiger partial charge in [0.25, 0.3) is 0 Å². The van der Waals surface area contributed by atoms with Gasteiger partial charge in [-0.3, -0.25) is 4.79 Å². The standard InChI is InChI=1S/C18H19N5O2S/c1-12-8-9-15(25-2)14(10-12)21-17(24)16(13-6-4-3-5-7-13)26-18-22-20-11-23(18)19/h3-11,16H,19H2,1-2H3,(H,21,24)/t16-/m1/s1. The Morgan fingerprint density at radius 1 is 1.27 bits per heavy atom. The number of thioether (sulfide) groups is 1. The van der Waals surface area contributed by atoms with Crippen LogP contribution in [0.4, 0.5) is 5.69 Å². The zero-order chi connectivity index (χ0) is 18.5. The number of aryl methyl sites for hydroxylation is 1. The Hall–Kier alpha value is -3.00. The number of nitrogens with one attached hydrogen (secondary N) is 1. The molecule has 0 unspecified atom stereocenters. The molecule has 3 aromatic rings. The van der Waals surface area contributed by atoms with Crippen LogP contribution in [-0.4, -0.2) is 27.9 Å². The highest BCUT2D eigenvalue weighted by Crippen LogP contribution is 2.35. The summed E-state index contributed by atoms with van der Waals surface area (Å²) in [5.41, 5.74) is 2.48. The summed E-state index contributed by atoms with van der Waals surface area (Å²) >= 11 is 1.23. The number of anilines is 1. The van der Waals surface area contributed by atoms with Crippen LogP contribution in [0.25, 0.3) is 0 Å². The van der Waals surface area contributed by atoms with Gasteiger partial charge in [0.05, 0.1) is 12.8 Å². The van der Waals surface area contributed by atoms with Crippen molar-refractivity contribution in [3.05, 3.63) is 66.0 Å². The van der Waals surface area contributed by atoms with E-state index in [4.69, 9.17) is 10.6 Å². The maximum absolute atomic E-state index is 13.0. The number of amides is 1. The summed E-state index contributed by atoms with van der Waals surface area (Å²) in [6.45, 7) is 1.95. The molecule has 0 saturated carbocycles. The number of hydrogen-bond acceptors (Lipinski definition) is 6. The Labute approximate surface area is 155 Å².